The molecule has 2 unspecified atom stereocenters. The Bertz CT molecular complexity index is 513. The molecule has 0 amide bonds. The van der Waals surface area contributed by atoms with Crippen molar-refractivity contribution >= 4 is 0 Å². The predicted octanol–water partition coefficient (Wildman–Crippen LogP) is 3.02. The van der Waals surface area contributed by atoms with Crippen LogP contribution >= 0.6 is 0 Å². The van der Waals surface area contributed by atoms with Gasteiger partial charge in [0.2, 0.25) is 0 Å². The summed E-state index contributed by atoms with van der Waals surface area (Å²) < 4.78 is 2.04. The summed E-state index contributed by atoms with van der Waals surface area (Å²) >= 11 is 0. The van der Waals surface area contributed by atoms with Gasteiger partial charge in [-0.3, -0.25) is 0 Å². The molecule has 0 aliphatic carbocycles. The summed E-state index contributed by atoms with van der Waals surface area (Å²) in [6, 6.07) is 8.81. The molecule has 0 saturated carbocycles. The fourth-order valence-electron chi connectivity index (χ4n) is 2.40. The van der Waals surface area contributed by atoms with Crippen molar-refractivity contribution in [2.45, 2.75) is 32.1 Å². The molecule has 19 heavy (non-hydrogen) atoms. The Kier molecular flexibility index (Phi) is 4.38. The van der Waals surface area contributed by atoms with E-state index in [2.05, 4.69) is 43.1 Å². The molecule has 2 N–H and O–H groups in total. The molecule has 1 aromatic carbocycles. The van der Waals surface area contributed by atoms with Crippen LogP contribution in [0.4, 0.5) is 0 Å². The van der Waals surface area contributed by atoms with Crippen LogP contribution in [0.25, 0.3) is 0 Å². The predicted molar refractivity (Wildman–Crippen MR) is 79.3 cm³/mol. The second kappa shape index (κ2) is 6.02. The highest BCUT2D eigenvalue weighted by molar-refractivity contribution is 5.31. The first kappa shape index (κ1) is 13.8. The van der Waals surface area contributed by atoms with Crippen LogP contribution in [0.15, 0.2) is 36.7 Å². The third-order valence-electron chi connectivity index (χ3n) is 3.93. The number of imidazole rings is 1. The average molecular weight is 257 g/mol. The Morgan fingerprint density at radius 2 is 1.84 bits per heavy atom. The maximum absolute atomic E-state index is 5.94. The van der Waals surface area contributed by atoms with E-state index in [1.54, 1.807) is 0 Å². The van der Waals surface area contributed by atoms with Crippen molar-refractivity contribution in [1.82, 2.24) is 9.55 Å². The molecule has 0 aliphatic heterocycles. The molecule has 1 aromatic heterocycles. The summed E-state index contributed by atoms with van der Waals surface area (Å²) in [5.74, 6) is 1.81. The van der Waals surface area contributed by atoms with Gasteiger partial charge in [0, 0.05) is 26.0 Å². The molecule has 0 radical (unpaired) electrons. The van der Waals surface area contributed by atoms with Gasteiger partial charge in [0.15, 0.2) is 0 Å². The minimum absolute atomic E-state index is 0.172. The lowest BCUT2D eigenvalue weighted by Gasteiger charge is -2.16. The molecule has 0 aliphatic rings. The number of hydrogen-bond acceptors (Lipinski definition) is 2. The van der Waals surface area contributed by atoms with Crippen LogP contribution in [-0.2, 0) is 7.05 Å². The Balaban J connectivity index is 2.27. The highest BCUT2D eigenvalue weighted by Gasteiger charge is 2.16. The van der Waals surface area contributed by atoms with Gasteiger partial charge in [-0.05, 0) is 23.5 Å². The standard InChI is InChI=1S/C16H23N3/c1-4-12(2)13-5-7-14(8-6-13)15(11-17)16-18-9-10-19(16)3/h5-10,12,15H,4,11,17H2,1-3H3. The van der Waals surface area contributed by atoms with Gasteiger partial charge in [-0.25, -0.2) is 4.98 Å². The first-order chi connectivity index (χ1) is 9.17. The maximum atomic E-state index is 5.94. The second-order valence-electron chi connectivity index (χ2n) is 5.16. The number of rotatable bonds is 5. The summed E-state index contributed by atoms with van der Waals surface area (Å²) in [7, 11) is 2.01. The highest BCUT2D eigenvalue weighted by atomic mass is 15.0. The van der Waals surface area contributed by atoms with Crippen molar-refractivity contribution in [3.63, 3.8) is 0 Å². The Hall–Kier alpha value is -1.61. The molecule has 2 rings (SSSR count). The number of aryl methyl sites for hydroxylation is 1. The molecule has 3 nitrogen and oxygen atoms in total. The number of nitrogens with zero attached hydrogens (tertiary/aromatic N) is 2. The lowest BCUT2D eigenvalue weighted by atomic mass is 9.93. The summed E-state index contributed by atoms with van der Waals surface area (Å²) in [6.45, 7) is 5.05. The van der Waals surface area contributed by atoms with E-state index in [1.807, 2.05) is 24.0 Å². The van der Waals surface area contributed by atoms with Gasteiger partial charge in [-0.2, -0.15) is 0 Å². The molecule has 0 spiro atoms. The van der Waals surface area contributed by atoms with Crippen molar-refractivity contribution < 1.29 is 0 Å². The van der Waals surface area contributed by atoms with E-state index >= 15 is 0 Å². The van der Waals surface area contributed by atoms with Crippen molar-refractivity contribution in [2.75, 3.05) is 6.54 Å². The Morgan fingerprint density at radius 1 is 1.21 bits per heavy atom. The first-order valence-electron chi connectivity index (χ1n) is 6.94. The SMILES string of the molecule is CCC(C)c1ccc(C(CN)c2nccn2C)cc1. The molecule has 1 heterocycles. The molecular formula is C16H23N3. The minimum Gasteiger partial charge on any atom is -0.337 e. The van der Waals surface area contributed by atoms with E-state index in [1.165, 1.54) is 17.5 Å². The van der Waals surface area contributed by atoms with Crippen molar-refractivity contribution in [1.29, 1.82) is 0 Å². The van der Waals surface area contributed by atoms with Gasteiger partial charge < -0.3 is 10.3 Å². The summed E-state index contributed by atoms with van der Waals surface area (Å²) in [5, 5.41) is 0. The number of benzene rings is 1. The van der Waals surface area contributed by atoms with E-state index < -0.39 is 0 Å². The molecule has 0 bridgehead atoms. The van der Waals surface area contributed by atoms with Crippen LogP contribution in [0.5, 0.6) is 0 Å². The maximum Gasteiger partial charge on any atom is 0.117 e. The molecule has 2 aromatic rings. The van der Waals surface area contributed by atoms with Crippen LogP contribution < -0.4 is 5.73 Å². The third-order valence-corrected chi connectivity index (χ3v) is 3.93. The van der Waals surface area contributed by atoms with Crippen molar-refractivity contribution in [2.24, 2.45) is 12.8 Å². The van der Waals surface area contributed by atoms with Crippen LogP contribution in [0.3, 0.4) is 0 Å². The van der Waals surface area contributed by atoms with E-state index in [-0.39, 0.29) is 5.92 Å². The van der Waals surface area contributed by atoms with E-state index in [0.29, 0.717) is 12.5 Å². The smallest absolute Gasteiger partial charge is 0.117 e. The molecule has 102 valence electrons. The molecule has 2 atom stereocenters. The normalized spacial score (nSPS) is 14.3. The van der Waals surface area contributed by atoms with Crippen LogP contribution in [-0.4, -0.2) is 16.1 Å². The van der Waals surface area contributed by atoms with Gasteiger partial charge in [-0.15, -0.1) is 0 Å². The van der Waals surface area contributed by atoms with Crippen LogP contribution in [0, 0.1) is 0 Å². The molecular weight excluding hydrogens is 234 g/mol. The summed E-state index contributed by atoms with van der Waals surface area (Å²) in [5.41, 5.74) is 8.57. The van der Waals surface area contributed by atoms with Crippen LogP contribution in [0.2, 0.25) is 0 Å². The summed E-state index contributed by atoms with van der Waals surface area (Å²) in [6.07, 6.45) is 4.95. The number of hydrogen-bond donors (Lipinski definition) is 1. The van der Waals surface area contributed by atoms with Crippen LogP contribution in [0.1, 0.15) is 49.1 Å². The lowest BCUT2D eigenvalue weighted by Crippen LogP contribution is -2.17. The van der Waals surface area contributed by atoms with E-state index in [4.69, 9.17) is 5.73 Å². The van der Waals surface area contributed by atoms with Gasteiger partial charge >= 0.3 is 0 Å². The zero-order valence-corrected chi connectivity index (χ0v) is 12.0. The lowest BCUT2D eigenvalue weighted by molar-refractivity contribution is 0.695. The minimum atomic E-state index is 0.172. The largest absolute Gasteiger partial charge is 0.337 e. The van der Waals surface area contributed by atoms with E-state index in [0.717, 1.165) is 5.82 Å². The van der Waals surface area contributed by atoms with E-state index in [9.17, 15) is 0 Å². The Labute approximate surface area is 115 Å². The Morgan fingerprint density at radius 3 is 2.32 bits per heavy atom. The fourth-order valence-corrected chi connectivity index (χ4v) is 2.40. The van der Waals surface area contributed by atoms with Gasteiger partial charge in [0.05, 0.1) is 5.92 Å². The molecule has 0 saturated heterocycles. The molecule has 0 fully saturated rings. The van der Waals surface area contributed by atoms with Gasteiger partial charge in [0.25, 0.3) is 0 Å². The first-order valence-corrected chi connectivity index (χ1v) is 6.94. The van der Waals surface area contributed by atoms with Crippen molar-refractivity contribution in [3.8, 4) is 0 Å². The zero-order valence-electron chi connectivity index (χ0n) is 12.0. The highest BCUT2D eigenvalue weighted by Crippen LogP contribution is 2.25. The monoisotopic (exact) mass is 257 g/mol. The topological polar surface area (TPSA) is 43.8 Å². The van der Waals surface area contributed by atoms with Gasteiger partial charge in [-0.1, -0.05) is 38.1 Å². The summed E-state index contributed by atoms with van der Waals surface area (Å²) in [4.78, 5) is 4.42. The number of aromatic nitrogens is 2. The third kappa shape index (κ3) is 2.87. The van der Waals surface area contributed by atoms with Gasteiger partial charge in [0.1, 0.15) is 5.82 Å². The fraction of sp³-hybridized carbons (Fsp3) is 0.438. The zero-order chi connectivity index (χ0) is 13.8. The average Bonchev–Trinajstić information content (AvgIpc) is 2.86. The van der Waals surface area contributed by atoms with Crippen molar-refractivity contribution in [3.05, 3.63) is 53.6 Å². The quantitative estimate of drug-likeness (QED) is 0.894. The molecule has 3 heteroatoms. The number of nitrogens with two attached hydrogens (primary N) is 1. The second-order valence-corrected chi connectivity index (χ2v) is 5.16.